The van der Waals surface area contributed by atoms with Gasteiger partial charge in [0, 0.05) is 12.6 Å². The molecule has 1 N–H and O–H groups in total. The van der Waals surface area contributed by atoms with Crippen molar-refractivity contribution in [1.29, 1.82) is 0 Å². The maximum atomic E-state index is 5.82. The Bertz CT molecular complexity index is 383. The molecule has 112 valence electrons. The number of hydrogen-bond acceptors (Lipinski definition) is 2. The van der Waals surface area contributed by atoms with E-state index >= 15 is 0 Å². The van der Waals surface area contributed by atoms with Gasteiger partial charge in [-0.3, -0.25) is 0 Å². The van der Waals surface area contributed by atoms with Crippen molar-refractivity contribution in [1.82, 2.24) is 5.32 Å². The monoisotopic (exact) mass is 275 g/mol. The van der Waals surface area contributed by atoms with Crippen LogP contribution in [0, 0.1) is 5.92 Å². The van der Waals surface area contributed by atoms with E-state index in [1.165, 1.54) is 37.7 Å². The largest absolute Gasteiger partial charge is 0.494 e. The average Bonchev–Trinajstić information content (AvgIpc) is 2.46. The Morgan fingerprint density at radius 2 is 2.00 bits per heavy atom. The van der Waals surface area contributed by atoms with Crippen molar-refractivity contribution in [2.24, 2.45) is 5.92 Å². The zero-order valence-corrected chi connectivity index (χ0v) is 13.0. The summed E-state index contributed by atoms with van der Waals surface area (Å²) in [5, 5.41) is 3.68. The van der Waals surface area contributed by atoms with E-state index in [1.807, 2.05) is 0 Å². The number of benzene rings is 1. The predicted octanol–water partition coefficient (Wildman–Crippen LogP) is 4.53. The van der Waals surface area contributed by atoms with E-state index in [2.05, 4.69) is 43.4 Å². The summed E-state index contributed by atoms with van der Waals surface area (Å²) in [4.78, 5) is 0. The SMILES string of the molecule is CC(C)CCOc1cccc(CNC2CCCCC2)c1. The molecule has 2 nitrogen and oxygen atoms in total. The first-order valence-electron chi connectivity index (χ1n) is 8.19. The van der Waals surface area contributed by atoms with Gasteiger partial charge in [0.15, 0.2) is 0 Å². The minimum Gasteiger partial charge on any atom is -0.494 e. The van der Waals surface area contributed by atoms with E-state index in [0.29, 0.717) is 12.0 Å². The zero-order valence-electron chi connectivity index (χ0n) is 13.0. The first kappa shape index (κ1) is 15.4. The molecule has 0 aromatic heterocycles. The quantitative estimate of drug-likeness (QED) is 0.789. The number of nitrogens with one attached hydrogen (secondary N) is 1. The first-order valence-corrected chi connectivity index (χ1v) is 8.19. The smallest absolute Gasteiger partial charge is 0.119 e. The number of hydrogen-bond donors (Lipinski definition) is 1. The molecule has 1 fully saturated rings. The fourth-order valence-electron chi connectivity index (χ4n) is 2.73. The molecule has 1 aromatic rings. The second kappa shape index (κ2) is 8.31. The highest BCUT2D eigenvalue weighted by Gasteiger charge is 2.12. The predicted molar refractivity (Wildman–Crippen MR) is 85.1 cm³/mol. The van der Waals surface area contributed by atoms with Crippen molar-refractivity contribution in [3.8, 4) is 5.75 Å². The molecule has 0 spiro atoms. The molecular weight excluding hydrogens is 246 g/mol. The van der Waals surface area contributed by atoms with Crippen LogP contribution >= 0.6 is 0 Å². The molecule has 0 unspecified atom stereocenters. The second-order valence-electron chi connectivity index (χ2n) is 6.39. The molecule has 0 amide bonds. The summed E-state index contributed by atoms with van der Waals surface area (Å²) in [6.45, 7) is 6.24. The van der Waals surface area contributed by atoms with Gasteiger partial charge < -0.3 is 10.1 Å². The molecule has 1 aliphatic carbocycles. The molecule has 0 atom stereocenters. The highest BCUT2D eigenvalue weighted by Crippen LogP contribution is 2.19. The van der Waals surface area contributed by atoms with Crippen LogP contribution in [0.4, 0.5) is 0 Å². The van der Waals surface area contributed by atoms with Gasteiger partial charge in [-0.1, -0.05) is 45.2 Å². The lowest BCUT2D eigenvalue weighted by Gasteiger charge is -2.23. The van der Waals surface area contributed by atoms with Crippen molar-refractivity contribution >= 4 is 0 Å². The van der Waals surface area contributed by atoms with Crippen LogP contribution in [0.25, 0.3) is 0 Å². The van der Waals surface area contributed by atoms with E-state index in [0.717, 1.165) is 25.3 Å². The maximum Gasteiger partial charge on any atom is 0.119 e. The van der Waals surface area contributed by atoms with Crippen LogP contribution in [0.5, 0.6) is 5.75 Å². The lowest BCUT2D eigenvalue weighted by atomic mass is 9.95. The van der Waals surface area contributed by atoms with Crippen LogP contribution in [-0.4, -0.2) is 12.6 Å². The summed E-state index contributed by atoms with van der Waals surface area (Å²) >= 11 is 0. The Labute approximate surface area is 123 Å². The van der Waals surface area contributed by atoms with E-state index in [4.69, 9.17) is 4.74 Å². The van der Waals surface area contributed by atoms with Crippen molar-refractivity contribution in [3.05, 3.63) is 29.8 Å². The lowest BCUT2D eigenvalue weighted by Crippen LogP contribution is -2.30. The zero-order chi connectivity index (χ0) is 14.2. The Hall–Kier alpha value is -1.02. The Morgan fingerprint density at radius 3 is 2.75 bits per heavy atom. The second-order valence-corrected chi connectivity index (χ2v) is 6.39. The molecule has 0 radical (unpaired) electrons. The van der Waals surface area contributed by atoms with Crippen LogP contribution in [0.15, 0.2) is 24.3 Å². The molecule has 0 bridgehead atoms. The normalized spacial score (nSPS) is 16.6. The van der Waals surface area contributed by atoms with Gasteiger partial charge in [-0.25, -0.2) is 0 Å². The van der Waals surface area contributed by atoms with Crippen molar-refractivity contribution < 1.29 is 4.74 Å². The van der Waals surface area contributed by atoms with E-state index in [1.54, 1.807) is 0 Å². The van der Waals surface area contributed by atoms with Gasteiger partial charge in [0.25, 0.3) is 0 Å². The standard InChI is InChI=1S/C18H29NO/c1-15(2)11-12-20-18-10-6-7-16(13-18)14-19-17-8-4-3-5-9-17/h6-7,10,13,15,17,19H,3-5,8-9,11-12,14H2,1-2H3. The van der Waals surface area contributed by atoms with E-state index in [-0.39, 0.29) is 0 Å². The van der Waals surface area contributed by atoms with Crippen LogP contribution in [-0.2, 0) is 6.54 Å². The molecule has 2 heteroatoms. The van der Waals surface area contributed by atoms with Gasteiger partial charge in [0.05, 0.1) is 6.61 Å². The van der Waals surface area contributed by atoms with Gasteiger partial charge in [-0.15, -0.1) is 0 Å². The molecule has 0 saturated heterocycles. The fraction of sp³-hybridized carbons (Fsp3) is 0.667. The fourth-order valence-corrected chi connectivity index (χ4v) is 2.73. The third kappa shape index (κ3) is 5.54. The van der Waals surface area contributed by atoms with Crippen LogP contribution in [0.3, 0.4) is 0 Å². The van der Waals surface area contributed by atoms with Gasteiger partial charge in [-0.2, -0.15) is 0 Å². The molecule has 0 heterocycles. The van der Waals surface area contributed by atoms with Crippen molar-refractivity contribution in [3.63, 3.8) is 0 Å². The molecule has 1 aliphatic rings. The van der Waals surface area contributed by atoms with Crippen LogP contribution in [0.1, 0.15) is 57.9 Å². The van der Waals surface area contributed by atoms with Gasteiger partial charge in [0.2, 0.25) is 0 Å². The topological polar surface area (TPSA) is 21.3 Å². The summed E-state index contributed by atoms with van der Waals surface area (Å²) in [7, 11) is 0. The number of rotatable bonds is 7. The minimum absolute atomic E-state index is 0.700. The van der Waals surface area contributed by atoms with Crippen molar-refractivity contribution in [2.45, 2.75) is 65.0 Å². The van der Waals surface area contributed by atoms with Gasteiger partial charge in [0.1, 0.15) is 5.75 Å². The first-order chi connectivity index (χ1) is 9.74. The van der Waals surface area contributed by atoms with Crippen molar-refractivity contribution in [2.75, 3.05) is 6.61 Å². The Morgan fingerprint density at radius 1 is 1.20 bits per heavy atom. The maximum absolute atomic E-state index is 5.82. The highest BCUT2D eigenvalue weighted by molar-refractivity contribution is 5.28. The summed E-state index contributed by atoms with van der Waals surface area (Å²) in [5.74, 6) is 1.71. The van der Waals surface area contributed by atoms with Crippen LogP contribution < -0.4 is 10.1 Å². The molecule has 20 heavy (non-hydrogen) atoms. The third-order valence-electron chi connectivity index (χ3n) is 4.06. The number of ether oxygens (including phenoxy) is 1. The minimum atomic E-state index is 0.700. The van der Waals surface area contributed by atoms with E-state index in [9.17, 15) is 0 Å². The highest BCUT2D eigenvalue weighted by atomic mass is 16.5. The summed E-state index contributed by atoms with van der Waals surface area (Å²) in [6.07, 6.45) is 7.98. The molecule has 1 saturated carbocycles. The van der Waals surface area contributed by atoms with Gasteiger partial charge >= 0.3 is 0 Å². The van der Waals surface area contributed by atoms with Gasteiger partial charge in [-0.05, 0) is 42.9 Å². The molecule has 1 aromatic carbocycles. The average molecular weight is 275 g/mol. The summed E-state index contributed by atoms with van der Waals surface area (Å²) < 4.78 is 5.82. The Kier molecular flexibility index (Phi) is 6.38. The Balaban J connectivity index is 1.76. The molecular formula is C18H29NO. The molecule has 0 aliphatic heterocycles. The third-order valence-corrected chi connectivity index (χ3v) is 4.06. The summed E-state index contributed by atoms with van der Waals surface area (Å²) in [5.41, 5.74) is 1.33. The summed E-state index contributed by atoms with van der Waals surface area (Å²) in [6, 6.07) is 9.24. The van der Waals surface area contributed by atoms with Crippen LogP contribution in [0.2, 0.25) is 0 Å². The lowest BCUT2D eigenvalue weighted by molar-refractivity contribution is 0.289. The molecule has 2 rings (SSSR count). The van der Waals surface area contributed by atoms with E-state index < -0.39 is 0 Å².